The minimum atomic E-state index is -0.777. The number of carbonyl (C=O) groups excluding carboxylic acids is 3. The van der Waals surface area contributed by atoms with E-state index in [2.05, 4.69) is 51.2 Å². The molecule has 0 radical (unpaired) electrons. The molecular formula is C53H94O6. The summed E-state index contributed by atoms with van der Waals surface area (Å²) in [5.41, 5.74) is 0. The molecule has 0 fully saturated rings. The Hall–Kier alpha value is -2.63. The summed E-state index contributed by atoms with van der Waals surface area (Å²) in [6, 6.07) is 0. The SMILES string of the molecule is CC\C=C/C=C\C=C/C=C\CCCCCCCC(=O)OCC(COC(=O)CCCCCCCCCCCCCCC)OC(=O)CCCCCCCCCCCCCCC. The van der Waals surface area contributed by atoms with Gasteiger partial charge in [-0.05, 0) is 38.5 Å². The normalized spacial score (nSPS) is 12.4. The Bertz CT molecular complexity index is 1040. The molecule has 0 aromatic rings. The number of rotatable bonds is 45. The average molecular weight is 827 g/mol. The number of unbranched alkanes of at least 4 members (excludes halogenated alkanes) is 29. The first kappa shape index (κ1) is 56.4. The van der Waals surface area contributed by atoms with E-state index >= 15 is 0 Å². The van der Waals surface area contributed by atoms with E-state index < -0.39 is 6.10 Å². The Labute approximate surface area is 365 Å². The number of ether oxygens (including phenoxy) is 3. The van der Waals surface area contributed by atoms with E-state index in [0.717, 1.165) is 83.5 Å². The van der Waals surface area contributed by atoms with Crippen molar-refractivity contribution in [1.29, 1.82) is 0 Å². The number of allylic oxidation sites excluding steroid dienone is 8. The lowest BCUT2D eigenvalue weighted by Gasteiger charge is -2.18. The maximum absolute atomic E-state index is 12.8. The molecular weight excluding hydrogens is 733 g/mol. The molecule has 0 bridgehead atoms. The molecule has 59 heavy (non-hydrogen) atoms. The van der Waals surface area contributed by atoms with Crippen molar-refractivity contribution in [3.63, 3.8) is 0 Å². The van der Waals surface area contributed by atoms with Gasteiger partial charge in [-0.1, -0.05) is 243 Å². The second-order valence-electron chi connectivity index (χ2n) is 16.8. The van der Waals surface area contributed by atoms with Crippen LogP contribution in [0.3, 0.4) is 0 Å². The molecule has 342 valence electrons. The molecule has 0 aromatic carbocycles. The van der Waals surface area contributed by atoms with Crippen LogP contribution in [0.4, 0.5) is 0 Å². The second kappa shape index (κ2) is 48.0. The van der Waals surface area contributed by atoms with Crippen molar-refractivity contribution in [2.24, 2.45) is 0 Å². The predicted octanol–water partition coefficient (Wildman–Crippen LogP) is 16.3. The van der Waals surface area contributed by atoms with Crippen LogP contribution in [0.5, 0.6) is 0 Å². The fourth-order valence-electron chi connectivity index (χ4n) is 7.16. The molecule has 0 amide bonds. The van der Waals surface area contributed by atoms with Gasteiger partial charge in [0, 0.05) is 19.3 Å². The van der Waals surface area contributed by atoms with E-state index in [9.17, 15) is 14.4 Å². The molecule has 0 saturated heterocycles. The van der Waals surface area contributed by atoms with Crippen LogP contribution in [-0.2, 0) is 28.6 Å². The zero-order valence-electron chi connectivity index (χ0n) is 39.0. The molecule has 1 atom stereocenters. The van der Waals surface area contributed by atoms with Crippen LogP contribution in [0.25, 0.3) is 0 Å². The molecule has 0 N–H and O–H groups in total. The van der Waals surface area contributed by atoms with Crippen LogP contribution in [-0.4, -0.2) is 37.2 Å². The molecule has 0 saturated carbocycles. The van der Waals surface area contributed by atoms with Crippen molar-refractivity contribution < 1.29 is 28.6 Å². The third kappa shape index (κ3) is 46.3. The van der Waals surface area contributed by atoms with Crippen molar-refractivity contribution in [3.05, 3.63) is 48.6 Å². The van der Waals surface area contributed by atoms with Gasteiger partial charge < -0.3 is 14.2 Å². The van der Waals surface area contributed by atoms with Gasteiger partial charge in [-0.3, -0.25) is 14.4 Å². The summed E-state index contributed by atoms with van der Waals surface area (Å²) < 4.78 is 16.8. The van der Waals surface area contributed by atoms with Crippen LogP contribution >= 0.6 is 0 Å². The van der Waals surface area contributed by atoms with Gasteiger partial charge in [-0.25, -0.2) is 0 Å². The van der Waals surface area contributed by atoms with Crippen molar-refractivity contribution in [2.75, 3.05) is 13.2 Å². The molecule has 6 heteroatoms. The lowest BCUT2D eigenvalue weighted by atomic mass is 10.0. The zero-order chi connectivity index (χ0) is 43.0. The fourth-order valence-corrected chi connectivity index (χ4v) is 7.16. The van der Waals surface area contributed by atoms with Gasteiger partial charge in [-0.15, -0.1) is 0 Å². The summed E-state index contributed by atoms with van der Waals surface area (Å²) in [6.07, 6.45) is 56.6. The topological polar surface area (TPSA) is 78.9 Å². The standard InChI is InChI=1S/C53H94O6/c1-4-7-10-13-16-19-22-25-26-29-31-34-37-40-43-46-52(55)58-49-50(59-53(56)47-44-41-38-35-32-28-24-21-18-15-12-9-6-3)48-57-51(54)45-42-39-36-33-30-27-23-20-17-14-11-8-5-2/h7,10,13,16,19,22,25-26,50H,4-6,8-9,11-12,14-15,17-18,20-21,23-24,27-49H2,1-3H3/b10-7-,16-13-,22-19-,26-25-. The highest BCUT2D eigenvalue weighted by atomic mass is 16.6. The smallest absolute Gasteiger partial charge is 0.306 e. The molecule has 0 aliphatic rings. The first-order valence-electron chi connectivity index (χ1n) is 25.2. The summed E-state index contributed by atoms with van der Waals surface area (Å²) in [5, 5.41) is 0. The van der Waals surface area contributed by atoms with Crippen molar-refractivity contribution >= 4 is 17.9 Å². The van der Waals surface area contributed by atoms with E-state index in [1.165, 1.54) is 128 Å². The minimum absolute atomic E-state index is 0.0772. The van der Waals surface area contributed by atoms with Crippen LogP contribution < -0.4 is 0 Å². The van der Waals surface area contributed by atoms with E-state index in [1.807, 2.05) is 18.2 Å². The molecule has 0 rings (SSSR count). The van der Waals surface area contributed by atoms with Crippen LogP contribution in [0.1, 0.15) is 252 Å². The summed E-state index contributed by atoms with van der Waals surface area (Å²) in [7, 11) is 0. The number of esters is 3. The molecule has 0 aliphatic heterocycles. The van der Waals surface area contributed by atoms with Crippen molar-refractivity contribution in [1.82, 2.24) is 0 Å². The molecule has 0 aliphatic carbocycles. The number of carbonyl (C=O) groups is 3. The minimum Gasteiger partial charge on any atom is -0.462 e. The summed E-state index contributed by atoms with van der Waals surface area (Å²) in [5.74, 6) is -0.893. The third-order valence-electron chi connectivity index (χ3n) is 10.9. The van der Waals surface area contributed by atoms with Gasteiger partial charge in [0.15, 0.2) is 6.10 Å². The maximum atomic E-state index is 12.8. The van der Waals surface area contributed by atoms with E-state index in [4.69, 9.17) is 14.2 Å². The second-order valence-corrected chi connectivity index (χ2v) is 16.8. The highest BCUT2D eigenvalue weighted by Gasteiger charge is 2.19. The molecule has 1 unspecified atom stereocenters. The third-order valence-corrected chi connectivity index (χ3v) is 10.9. The van der Waals surface area contributed by atoms with E-state index in [-0.39, 0.29) is 31.1 Å². The van der Waals surface area contributed by atoms with Gasteiger partial charge in [0.1, 0.15) is 13.2 Å². The Morgan fingerprint density at radius 3 is 1.03 bits per heavy atom. The quantitative estimate of drug-likeness (QED) is 0.0263. The molecule has 0 aromatic heterocycles. The van der Waals surface area contributed by atoms with Gasteiger partial charge >= 0.3 is 17.9 Å². The highest BCUT2D eigenvalue weighted by Crippen LogP contribution is 2.16. The summed E-state index contributed by atoms with van der Waals surface area (Å²) >= 11 is 0. The summed E-state index contributed by atoms with van der Waals surface area (Å²) in [4.78, 5) is 37.9. The number of hydrogen-bond donors (Lipinski definition) is 0. The van der Waals surface area contributed by atoms with E-state index in [0.29, 0.717) is 19.3 Å². The Kier molecular flexibility index (Phi) is 45.9. The van der Waals surface area contributed by atoms with Crippen molar-refractivity contribution in [2.45, 2.75) is 258 Å². The highest BCUT2D eigenvalue weighted by molar-refractivity contribution is 5.71. The van der Waals surface area contributed by atoms with Gasteiger partial charge in [0.2, 0.25) is 0 Å². The lowest BCUT2D eigenvalue weighted by Crippen LogP contribution is -2.30. The summed E-state index contributed by atoms with van der Waals surface area (Å²) in [6.45, 7) is 6.49. The van der Waals surface area contributed by atoms with E-state index in [1.54, 1.807) is 0 Å². The van der Waals surface area contributed by atoms with Crippen LogP contribution in [0, 0.1) is 0 Å². The molecule has 0 heterocycles. The van der Waals surface area contributed by atoms with Gasteiger partial charge in [0.05, 0.1) is 0 Å². The maximum Gasteiger partial charge on any atom is 0.306 e. The lowest BCUT2D eigenvalue weighted by molar-refractivity contribution is -0.167. The van der Waals surface area contributed by atoms with Gasteiger partial charge in [0.25, 0.3) is 0 Å². The van der Waals surface area contributed by atoms with Crippen molar-refractivity contribution in [3.8, 4) is 0 Å². The first-order chi connectivity index (χ1) is 29.0. The van der Waals surface area contributed by atoms with Crippen LogP contribution in [0.2, 0.25) is 0 Å². The number of hydrogen-bond acceptors (Lipinski definition) is 6. The first-order valence-corrected chi connectivity index (χ1v) is 25.2. The molecule has 0 spiro atoms. The average Bonchev–Trinajstić information content (AvgIpc) is 3.23. The predicted molar refractivity (Wildman–Crippen MR) is 252 cm³/mol. The Morgan fingerprint density at radius 2 is 0.661 bits per heavy atom. The Balaban J connectivity index is 4.39. The largest absolute Gasteiger partial charge is 0.462 e. The molecule has 6 nitrogen and oxygen atoms in total. The Morgan fingerprint density at radius 1 is 0.356 bits per heavy atom. The van der Waals surface area contributed by atoms with Gasteiger partial charge in [-0.2, -0.15) is 0 Å². The van der Waals surface area contributed by atoms with Crippen LogP contribution in [0.15, 0.2) is 48.6 Å². The zero-order valence-corrected chi connectivity index (χ0v) is 39.0. The monoisotopic (exact) mass is 827 g/mol. The fraction of sp³-hybridized carbons (Fsp3) is 0.792.